The number of nitrogens with zero attached hydrogens (tertiary/aromatic N) is 2. The van der Waals surface area contributed by atoms with Gasteiger partial charge in [0.1, 0.15) is 5.75 Å². The van der Waals surface area contributed by atoms with Gasteiger partial charge in [-0.3, -0.25) is 0 Å². The van der Waals surface area contributed by atoms with Gasteiger partial charge in [-0.05, 0) is 17.7 Å². The fourth-order valence-electron chi connectivity index (χ4n) is 3.44. The molecule has 0 saturated carbocycles. The Morgan fingerprint density at radius 1 is 1.00 bits per heavy atom. The van der Waals surface area contributed by atoms with Crippen LogP contribution in [0.4, 0.5) is 10.5 Å². The van der Waals surface area contributed by atoms with E-state index in [1.54, 1.807) is 7.11 Å². The van der Waals surface area contributed by atoms with Crippen molar-refractivity contribution in [3.05, 3.63) is 60.2 Å². The summed E-state index contributed by atoms with van der Waals surface area (Å²) in [6.45, 7) is 7.93. The maximum Gasteiger partial charge on any atom is 0.317 e. The highest BCUT2D eigenvalue weighted by Gasteiger charge is 2.25. The van der Waals surface area contributed by atoms with Crippen molar-refractivity contribution in [2.45, 2.75) is 19.3 Å². The average Bonchev–Trinajstić information content (AvgIpc) is 2.73. The predicted octanol–water partition coefficient (Wildman–Crippen LogP) is 3.50. The van der Waals surface area contributed by atoms with Gasteiger partial charge in [0, 0.05) is 38.1 Å². The van der Waals surface area contributed by atoms with E-state index in [0.717, 1.165) is 24.5 Å². The number of urea groups is 1. The molecule has 1 fully saturated rings. The molecule has 1 aliphatic heterocycles. The summed E-state index contributed by atoms with van der Waals surface area (Å²) in [5.41, 5.74) is 2.22. The minimum atomic E-state index is -0.101. The van der Waals surface area contributed by atoms with Crippen LogP contribution < -0.4 is 15.0 Å². The lowest BCUT2D eigenvalue weighted by Crippen LogP contribution is -2.53. The molecule has 27 heavy (non-hydrogen) atoms. The lowest BCUT2D eigenvalue weighted by Gasteiger charge is -2.37. The first-order valence-corrected chi connectivity index (χ1v) is 9.47. The van der Waals surface area contributed by atoms with Crippen LogP contribution in [0.2, 0.25) is 0 Å². The van der Waals surface area contributed by atoms with Crippen molar-refractivity contribution in [2.75, 3.05) is 44.7 Å². The summed E-state index contributed by atoms with van der Waals surface area (Å²) in [7, 11) is 1.69. The number of anilines is 1. The smallest absolute Gasteiger partial charge is 0.317 e. The number of piperazine rings is 1. The van der Waals surface area contributed by atoms with Crippen LogP contribution in [0.5, 0.6) is 5.75 Å². The second-order valence-electron chi connectivity index (χ2n) is 7.55. The molecule has 2 amide bonds. The van der Waals surface area contributed by atoms with Crippen molar-refractivity contribution in [1.29, 1.82) is 0 Å². The third-order valence-electron chi connectivity index (χ3n) is 5.23. The van der Waals surface area contributed by atoms with E-state index in [1.807, 2.05) is 41.3 Å². The van der Waals surface area contributed by atoms with Crippen molar-refractivity contribution >= 4 is 11.7 Å². The molecule has 0 aliphatic carbocycles. The van der Waals surface area contributed by atoms with E-state index in [9.17, 15) is 4.79 Å². The van der Waals surface area contributed by atoms with Crippen molar-refractivity contribution in [3.63, 3.8) is 0 Å². The first-order chi connectivity index (χ1) is 13.0. The minimum Gasteiger partial charge on any atom is -0.495 e. The molecule has 1 saturated heterocycles. The Hall–Kier alpha value is -2.69. The van der Waals surface area contributed by atoms with Gasteiger partial charge < -0.3 is 19.9 Å². The monoisotopic (exact) mass is 367 g/mol. The summed E-state index contributed by atoms with van der Waals surface area (Å²) >= 11 is 0. The molecule has 1 aliphatic rings. The number of amides is 2. The molecule has 0 radical (unpaired) electrons. The van der Waals surface area contributed by atoms with Crippen LogP contribution in [0.25, 0.3) is 0 Å². The van der Waals surface area contributed by atoms with Crippen molar-refractivity contribution in [2.24, 2.45) is 0 Å². The van der Waals surface area contributed by atoms with E-state index in [-0.39, 0.29) is 11.4 Å². The summed E-state index contributed by atoms with van der Waals surface area (Å²) in [5.74, 6) is 0.875. The maximum atomic E-state index is 12.6. The SMILES string of the molecule is COc1ccccc1N1CCN(C(=O)NCC(C)(C)c2ccccc2)CC1. The number of benzene rings is 2. The lowest BCUT2D eigenvalue weighted by molar-refractivity contribution is 0.192. The molecule has 2 aromatic rings. The molecule has 144 valence electrons. The summed E-state index contributed by atoms with van der Waals surface area (Å²) in [6.07, 6.45) is 0. The quantitative estimate of drug-likeness (QED) is 0.880. The van der Waals surface area contributed by atoms with Crippen molar-refractivity contribution in [3.8, 4) is 5.75 Å². The molecule has 0 aromatic heterocycles. The lowest BCUT2D eigenvalue weighted by atomic mass is 9.85. The molecule has 5 heteroatoms. The molecular weight excluding hydrogens is 338 g/mol. The molecule has 1 N–H and O–H groups in total. The molecule has 0 spiro atoms. The van der Waals surface area contributed by atoms with Gasteiger partial charge in [-0.1, -0.05) is 56.3 Å². The second kappa shape index (κ2) is 8.33. The number of carbonyl (C=O) groups excluding carboxylic acids is 1. The Morgan fingerprint density at radius 2 is 1.63 bits per heavy atom. The second-order valence-corrected chi connectivity index (χ2v) is 7.55. The van der Waals surface area contributed by atoms with Crippen LogP contribution in [0, 0.1) is 0 Å². The summed E-state index contributed by atoms with van der Waals surface area (Å²) in [5, 5.41) is 3.11. The summed E-state index contributed by atoms with van der Waals surface area (Å²) in [4.78, 5) is 16.8. The van der Waals surface area contributed by atoms with E-state index in [1.165, 1.54) is 5.56 Å². The van der Waals surface area contributed by atoms with E-state index in [2.05, 4.69) is 42.3 Å². The van der Waals surface area contributed by atoms with Gasteiger partial charge in [-0.2, -0.15) is 0 Å². The number of nitrogens with one attached hydrogen (secondary N) is 1. The molecule has 2 aromatic carbocycles. The summed E-state index contributed by atoms with van der Waals surface area (Å²) < 4.78 is 5.46. The predicted molar refractivity (Wildman–Crippen MR) is 110 cm³/mol. The topological polar surface area (TPSA) is 44.8 Å². The average molecular weight is 367 g/mol. The van der Waals surface area contributed by atoms with Gasteiger partial charge in [-0.25, -0.2) is 4.79 Å². The molecule has 0 unspecified atom stereocenters. The van der Waals surface area contributed by atoms with Gasteiger partial charge in [-0.15, -0.1) is 0 Å². The zero-order valence-corrected chi connectivity index (χ0v) is 16.4. The van der Waals surface area contributed by atoms with Crippen LogP contribution in [0.1, 0.15) is 19.4 Å². The Labute approximate surface area is 161 Å². The van der Waals surface area contributed by atoms with E-state index in [4.69, 9.17) is 4.74 Å². The number of rotatable bonds is 5. The fourth-order valence-corrected chi connectivity index (χ4v) is 3.44. The van der Waals surface area contributed by atoms with Gasteiger partial charge in [0.05, 0.1) is 12.8 Å². The van der Waals surface area contributed by atoms with Crippen LogP contribution in [-0.2, 0) is 5.41 Å². The van der Waals surface area contributed by atoms with Crippen LogP contribution >= 0.6 is 0 Å². The highest BCUT2D eigenvalue weighted by molar-refractivity contribution is 5.75. The van der Waals surface area contributed by atoms with Gasteiger partial charge in [0.25, 0.3) is 0 Å². The number of carbonyl (C=O) groups is 1. The molecular formula is C22H29N3O2. The van der Waals surface area contributed by atoms with Gasteiger partial charge in [0.15, 0.2) is 0 Å². The summed E-state index contributed by atoms with van der Waals surface area (Å²) in [6, 6.07) is 18.3. The number of para-hydroxylation sites is 2. The third-order valence-corrected chi connectivity index (χ3v) is 5.23. The van der Waals surface area contributed by atoms with E-state index >= 15 is 0 Å². The number of ether oxygens (including phenoxy) is 1. The van der Waals surface area contributed by atoms with Gasteiger partial charge >= 0.3 is 6.03 Å². The van der Waals surface area contributed by atoms with Crippen molar-refractivity contribution in [1.82, 2.24) is 10.2 Å². The maximum absolute atomic E-state index is 12.6. The first kappa shape index (κ1) is 19.1. The molecule has 0 atom stereocenters. The van der Waals surface area contributed by atoms with Crippen LogP contribution in [-0.4, -0.2) is 50.8 Å². The number of hydrogen-bond acceptors (Lipinski definition) is 3. The molecule has 1 heterocycles. The highest BCUT2D eigenvalue weighted by atomic mass is 16.5. The van der Waals surface area contributed by atoms with Crippen LogP contribution in [0.3, 0.4) is 0 Å². The van der Waals surface area contributed by atoms with E-state index in [0.29, 0.717) is 19.6 Å². The van der Waals surface area contributed by atoms with Crippen LogP contribution in [0.15, 0.2) is 54.6 Å². The zero-order chi connectivity index (χ0) is 19.3. The first-order valence-electron chi connectivity index (χ1n) is 9.47. The molecule has 3 rings (SSSR count). The minimum absolute atomic E-state index is 0.0127. The van der Waals surface area contributed by atoms with E-state index < -0.39 is 0 Å². The van der Waals surface area contributed by atoms with Gasteiger partial charge in [0.2, 0.25) is 0 Å². The standard InChI is InChI=1S/C22H29N3O2/c1-22(2,18-9-5-4-6-10-18)17-23-21(26)25-15-13-24(14-16-25)19-11-7-8-12-20(19)27-3/h4-12H,13-17H2,1-3H3,(H,23,26). The number of hydrogen-bond donors (Lipinski definition) is 1. The van der Waals surface area contributed by atoms with Crippen molar-refractivity contribution < 1.29 is 9.53 Å². The normalized spacial score (nSPS) is 14.8. The largest absolute Gasteiger partial charge is 0.495 e. The Morgan fingerprint density at radius 3 is 2.30 bits per heavy atom. The highest BCUT2D eigenvalue weighted by Crippen LogP contribution is 2.28. The Balaban J connectivity index is 1.53. The molecule has 0 bridgehead atoms. The third kappa shape index (κ3) is 4.54. The Bertz CT molecular complexity index is 753. The number of methoxy groups -OCH3 is 1. The zero-order valence-electron chi connectivity index (χ0n) is 16.4. The molecule has 5 nitrogen and oxygen atoms in total. The Kier molecular flexibility index (Phi) is 5.89. The fraction of sp³-hybridized carbons (Fsp3) is 0.409.